The number of imidazole rings is 1. The minimum Gasteiger partial charge on any atom is -0.352 e. The molecule has 7 rings (SSSR count). The maximum absolute atomic E-state index is 14.2. The third-order valence-corrected chi connectivity index (χ3v) is 11.3. The molecule has 2 fully saturated rings. The van der Waals surface area contributed by atoms with Crippen LogP contribution in [-0.2, 0) is 53.3 Å². The van der Waals surface area contributed by atoms with Gasteiger partial charge in [-0.05, 0) is 60.4 Å². The molecule has 2 aromatic heterocycles. The lowest BCUT2D eigenvalue weighted by molar-refractivity contribution is -0.188. The van der Waals surface area contributed by atoms with Crippen LogP contribution in [0.2, 0.25) is 20.1 Å². The lowest BCUT2D eigenvalue weighted by Crippen LogP contribution is -2.52. The van der Waals surface area contributed by atoms with Crippen molar-refractivity contribution in [2.75, 3.05) is 32.8 Å². The van der Waals surface area contributed by atoms with Gasteiger partial charge in [0.05, 0.1) is 30.2 Å². The largest absolute Gasteiger partial charge is 0.352 e. The standard InChI is InChI=1S/C40H43Cl4N9O4/c1-49-26-45-17-34(49)21-51(22-38(54)47-18-35-23-56-40(57-35,24-53-27-46-25-48-53)36-9-8-32(43)16-37(36)44)33-10-12-50(13-11-33)39(55)52(19-28-4-2-6-30(41)14-28)20-29-5-3-7-31(42)15-29/h2-9,14-17,25-27,33,35H,10-13,18-24H2,1H3,(H,47,54)/t35-,40-/m0/s1. The molecule has 0 unspecified atom stereocenters. The molecule has 5 aromatic rings. The third kappa shape index (κ3) is 10.5. The minimum atomic E-state index is -1.26. The number of amides is 3. The van der Waals surface area contributed by atoms with Gasteiger partial charge in [0.15, 0.2) is 0 Å². The van der Waals surface area contributed by atoms with Gasteiger partial charge < -0.3 is 29.2 Å². The molecule has 0 saturated carbocycles. The molecule has 0 aliphatic carbocycles. The monoisotopic (exact) mass is 853 g/mol. The predicted molar refractivity (Wildman–Crippen MR) is 218 cm³/mol. The summed E-state index contributed by atoms with van der Waals surface area (Å²) in [6, 6.07) is 20.2. The van der Waals surface area contributed by atoms with E-state index >= 15 is 0 Å². The molecule has 13 nitrogen and oxygen atoms in total. The zero-order valence-electron chi connectivity index (χ0n) is 31.3. The van der Waals surface area contributed by atoms with E-state index in [2.05, 4.69) is 25.3 Å². The average Bonchev–Trinajstić information content (AvgIpc) is 3.96. The second-order valence-corrected chi connectivity index (χ2v) is 16.1. The zero-order chi connectivity index (χ0) is 39.9. The van der Waals surface area contributed by atoms with Crippen LogP contribution in [0.4, 0.5) is 4.79 Å². The number of aryl methyl sites for hydroxylation is 1. The number of nitrogens with one attached hydrogen (secondary N) is 1. The third-order valence-electron chi connectivity index (χ3n) is 10.2. The smallest absolute Gasteiger partial charge is 0.320 e. The second kappa shape index (κ2) is 18.6. The molecular weight excluding hydrogens is 812 g/mol. The fraction of sp³-hybridized carbons (Fsp3) is 0.375. The molecule has 0 radical (unpaired) electrons. The number of likely N-dealkylation sites (tertiary alicyclic amines) is 1. The average molecular weight is 856 g/mol. The maximum atomic E-state index is 14.2. The number of ether oxygens (including phenoxy) is 2. The molecule has 57 heavy (non-hydrogen) atoms. The van der Waals surface area contributed by atoms with Crippen molar-refractivity contribution in [2.45, 2.75) is 57.0 Å². The fourth-order valence-electron chi connectivity index (χ4n) is 7.35. The Hall–Kier alpha value is -4.21. The second-order valence-electron chi connectivity index (χ2n) is 14.3. The topological polar surface area (TPSA) is 123 Å². The number of nitrogens with zero attached hydrogens (tertiary/aromatic N) is 8. The van der Waals surface area contributed by atoms with Crippen molar-refractivity contribution >= 4 is 58.3 Å². The van der Waals surface area contributed by atoms with E-state index in [9.17, 15) is 9.59 Å². The Morgan fingerprint density at radius 1 is 0.895 bits per heavy atom. The Kier molecular flexibility index (Phi) is 13.4. The lowest BCUT2D eigenvalue weighted by atomic mass is 10.0. The van der Waals surface area contributed by atoms with Crippen LogP contribution in [0.15, 0.2) is 91.9 Å². The number of carbonyl (C=O) groups is 2. The molecule has 4 heterocycles. The van der Waals surface area contributed by atoms with Crippen LogP contribution in [-0.4, -0.2) is 95.9 Å². The molecule has 2 aliphatic rings. The molecule has 0 spiro atoms. The highest BCUT2D eigenvalue weighted by atomic mass is 35.5. The quantitative estimate of drug-likeness (QED) is 0.130. The molecule has 2 atom stereocenters. The van der Waals surface area contributed by atoms with Gasteiger partial charge in [0, 0.05) is 79.2 Å². The number of hydrogen-bond donors (Lipinski definition) is 1. The maximum Gasteiger partial charge on any atom is 0.320 e. The van der Waals surface area contributed by atoms with Crippen LogP contribution in [0.3, 0.4) is 0 Å². The van der Waals surface area contributed by atoms with Gasteiger partial charge in [0.1, 0.15) is 25.3 Å². The summed E-state index contributed by atoms with van der Waals surface area (Å²) in [6.45, 7) is 3.11. The van der Waals surface area contributed by atoms with Gasteiger partial charge in [-0.1, -0.05) is 76.7 Å². The number of carbonyl (C=O) groups excluding carboxylic acids is 2. The van der Waals surface area contributed by atoms with Crippen molar-refractivity contribution in [1.82, 2.24) is 44.3 Å². The minimum absolute atomic E-state index is 0.0393. The van der Waals surface area contributed by atoms with Gasteiger partial charge in [0.25, 0.3) is 0 Å². The number of piperidine rings is 1. The number of rotatable bonds is 14. The summed E-state index contributed by atoms with van der Waals surface area (Å²) in [5.41, 5.74) is 3.44. The highest BCUT2D eigenvalue weighted by molar-refractivity contribution is 6.35. The van der Waals surface area contributed by atoms with E-state index in [0.717, 1.165) is 16.8 Å². The molecule has 3 aromatic carbocycles. The van der Waals surface area contributed by atoms with Crippen molar-refractivity contribution in [3.05, 3.63) is 134 Å². The molecule has 17 heteroatoms. The van der Waals surface area contributed by atoms with E-state index in [1.165, 1.54) is 6.33 Å². The summed E-state index contributed by atoms with van der Waals surface area (Å²) in [4.78, 5) is 42.1. The number of benzene rings is 3. The van der Waals surface area contributed by atoms with E-state index in [0.29, 0.717) is 71.2 Å². The summed E-state index contributed by atoms with van der Waals surface area (Å²) in [7, 11) is 1.94. The first-order chi connectivity index (χ1) is 27.5. The lowest BCUT2D eigenvalue weighted by Gasteiger charge is -2.40. The van der Waals surface area contributed by atoms with Crippen LogP contribution < -0.4 is 5.32 Å². The SMILES string of the molecule is Cn1cncc1CN(CC(=O)NC[C@H]1CO[C@](Cn2cncn2)(c2ccc(Cl)cc2Cl)O1)C1CCN(C(=O)N(Cc2cccc(Cl)c2)Cc2cccc(Cl)c2)CC1. The van der Waals surface area contributed by atoms with Crippen molar-refractivity contribution in [2.24, 2.45) is 7.05 Å². The molecule has 300 valence electrons. The predicted octanol–water partition coefficient (Wildman–Crippen LogP) is 6.80. The fourth-order valence-corrected chi connectivity index (χ4v) is 8.33. The molecule has 3 amide bonds. The van der Waals surface area contributed by atoms with Gasteiger partial charge in [0.2, 0.25) is 11.7 Å². The molecule has 2 aliphatic heterocycles. The van der Waals surface area contributed by atoms with Crippen molar-refractivity contribution in [1.29, 1.82) is 0 Å². The first-order valence-electron chi connectivity index (χ1n) is 18.6. The first-order valence-corrected chi connectivity index (χ1v) is 20.1. The number of hydrogen-bond acceptors (Lipinski definition) is 8. The van der Waals surface area contributed by atoms with Crippen molar-refractivity contribution < 1.29 is 19.1 Å². The Labute approximate surface area is 351 Å². The number of urea groups is 1. The van der Waals surface area contributed by atoms with E-state index < -0.39 is 11.9 Å². The van der Waals surface area contributed by atoms with Crippen LogP contribution in [0.5, 0.6) is 0 Å². The Morgan fingerprint density at radius 2 is 1.60 bits per heavy atom. The Bertz CT molecular complexity index is 2100. The summed E-state index contributed by atoms with van der Waals surface area (Å²) < 4.78 is 16.4. The summed E-state index contributed by atoms with van der Waals surface area (Å²) in [6.07, 6.45) is 7.47. The Morgan fingerprint density at radius 3 is 2.21 bits per heavy atom. The number of halogens is 4. The highest BCUT2D eigenvalue weighted by Crippen LogP contribution is 2.40. The summed E-state index contributed by atoms with van der Waals surface area (Å²) in [5.74, 6) is -1.42. The van der Waals surface area contributed by atoms with Crippen LogP contribution in [0.25, 0.3) is 0 Å². The molecule has 0 bridgehead atoms. The van der Waals surface area contributed by atoms with Gasteiger partial charge in [-0.25, -0.2) is 19.4 Å². The van der Waals surface area contributed by atoms with Gasteiger partial charge in [-0.3, -0.25) is 9.69 Å². The van der Waals surface area contributed by atoms with Crippen LogP contribution in [0, 0.1) is 0 Å². The van der Waals surface area contributed by atoms with Crippen LogP contribution in [0.1, 0.15) is 35.2 Å². The molecule has 2 saturated heterocycles. The van der Waals surface area contributed by atoms with E-state index in [-0.39, 0.29) is 44.2 Å². The molecule has 1 N–H and O–H groups in total. The van der Waals surface area contributed by atoms with Gasteiger partial charge >= 0.3 is 6.03 Å². The highest BCUT2D eigenvalue weighted by Gasteiger charge is 2.45. The zero-order valence-corrected chi connectivity index (χ0v) is 34.3. The van der Waals surface area contributed by atoms with Crippen molar-refractivity contribution in [3.8, 4) is 0 Å². The normalized spacial score (nSPS) is 18.6. The number of aromatic nitrogens is 5. The molecular formula is C40H43Cl4N9O4. The van der Waals surface area contributed by atoms with Crippen molar-refractivity contribution in [3.63, 3.8) is 0 Å². The first kappa shape index (κ1) is 41.0. The van der Waals surface area contributed by atoms with E-state index in [4.69, 9.17) is 55.9 Å². The van der Waals surface area contributed by atoms with E-state index in [1.807, 2.05) is 76.1 Å². The van der Waals surface area contributed by atoms with E-state index in [1.54, 1.807) is 35.5 Å². The summed E-state index contributed by atoms with van der Waals surface area (Å²) in [5, 5.41) is 9.41. The van der Waals surface area contributed by atoms with Crippen LogP contribution >= 0.6 is 46.4 Å². The van der Waals surface area contributed by atoms with Gasteiger partial charge in [-0.2, -0.15) is 5.10 Å². The van der Waals surface area contributed by atoms with Gasteiger partial charge in [-0.15, -0.1) is 0 Å². The summed E-state index contributed by atoms with van der Waals surface area (Å²) >= 11 is 25.4. The Balaban J connectivity index is 0.996.